The molecule has 0 fully saturated rings. The highest BCUT2D eigenvalue weighted by Gasteiger charge is 2.40. The molecule has 1 amide bonds. The number of hydrogen-bond acceptors (Lipinski definition) is 3. The summed E-state index contributed by atoms with van der Waals surface area (Å²) >= 11 is 0. The van der Waals surface area contributed by atoms with Crippen LogP contribution in [0.3, 0.4) is 0 Å². The van der Waals surface area contributed by atoms with Crippen molar-refractivity contribution in [1.82, 2.24) is 19.5 Å². The van der Waals surface area contributed by atoms with Gasteiger partial charge in [-0.05, 0) is 49.6 Å². The Kier molecular flexibility index (Phi) is 6.17. The maximum Gasteiger partial charge on any atom is 0.416 e. The van der Waals surface area contributed by atoms with Crippen molar-refractivity contribution in [2.45, 2.75) is 31.9 Å². The van der Waals surface area contributed by atoms with Crippen LogP contribution in [0.5, 0.6) is 0 Å². The molecule has 0 aliphatic heterocycles. The quantitative estimate of drug-likeness (QED) is 0.383. The summed E-state index contributed by atoms with van der Waals surface area (Å²) in [4.78, 5) is 19.7. The Labute approximate surface area is 195 Å². The number of carbonyl (C=O) groups excluding carboxylic acids is 1. The Bertz CT molecular complexity index is 1300. The first kappa shape index (κ1) is 23.5. The topological polar surface area (TPSA) is 50.5 Å². The van der Waals surface area contributed by atoms with E-state index in [1.165, 1.54) is 12.1 Å². The van der Waals surface area contributed by atoms with Gasteiger partial charge in [0.05, 0.1) is 22.9 Å². The van der Waals surface area contributed by atoms with E-state index in [2.05, 4.69) is 10.1 Å². The summed E-state index contributed by atoms with van der Waals surface area (Å²) in [5.41, 5.74) is 1.63. The molecule has 0 radical (unpaired) electrons. The second-order valence-electron chi connectivity index (χ2n) is 8.51. The van der Waals surface area contributed by atoms with Gasteiger partial charge in [-0.15, -0.1) is 0 Å². The first-order valence-corrected chi connectivity index (χ1v) is 11.0. The molecule has 1 unspecified atom stereocenters. The van der Waals surface area contributed by atoms with Crippen molar-refractivity contribution in [3.05, 3.63) is 89.9 Å². The molecule has 5 nitrogen and oxygen atoms in total. The third-order valence-corrected chi connectivity index (χ3v) is 6.18. The number of fused-ring (bicyclic) bond motifs is 1. The number of likely N-dealkylation sites (N-methyl/N-ethyl adjacent to an activating group) is 1. The van der Waals surface area contributed by atoms with E-state index >= 15 is 0 Å². The summed E-state index contributed by atoms with van der Waals surface area (Å²) < 4.78 is 40.6. The van der Waals surface area contributed by atoms with Crippen molar-refractivity contribution in [2.24, 2.45) is 0 Å². The van der Waals surface area contributed by atoms with E-state index in [1.54, 1.807) is 34.9 Å². The fourth-order valence-corrected chi connectivity index (χ4v) is 4.20. The van der Waals surface area contributed by atoms with E-state index in [0.29, 0.717) is 35.4 Å². The van der Waals surface area contributed by atoms with Crippen LogP contribution in [0.15, 0.2) is 73.1 Å². The van der Waals surface area contributed by atoms with Gasteiger partial charge < -0.3 is 4.90 Å². The van der Waals surface area contributed by atoms with Crippen LogP contribution in [-0.4, -0.2) is 39.0 Å². The molecule has 1 atom stereocenters. The smallest absolute Gasteiger partial charge is 0.345 e. The molecule has 34 heavy (non-hydrogen) atoms. The molecule has 176 valence electrons. The number of rotatable bonds is 6. The van der Waals surface area contributed by atoms with Gasteiger partial charge in [-0.2, -0.15) is 18.3 Å². The van der Waals surface area contributed by atoms with Gasteiger partial charge in [-0.3, -0.25) is 4.79 Å². The molecular formula is C26H25F3N4O. The molecule has 0 saturated carbocycles. The Balaban J connectivity index is 1.83. The van der Waals surface area contributed by atoms with Gasteiger partial charge in [0.15, 0.2) is 5.65 Å². The Hall–Kier alpha value is -3.68. The van der Waals surface area contributed by atoms with Crippen molar-refractivity contribution in [3.63, 3.8) is 0 Å². The third kappa shape index (κ3) is 4.27. The van der Waals surface area contributed by atoms with Crippen LogP contribution in [0.4, 0.5) is 13.2 Å². The molecule has 2 aromatic carbocycles. The highest BCUT2D eigenvalue weighted by Crippen LogP contribution is 2.34. The summed E-state index contributed by atoms with van der Waals surface area (Å²) in [6, 6.07) is 16.4. The van der Waals surface area contributed by atoms with Gasteiger partial charge in [0, 0.05) is 25.4 Å². The van der Waals surface area contributed by atoms with Crippen LogP contribution in [0.2, 0.25) is 0 Å². The maximum absolute atomic E-state index is 13.6. The first-order chi connectivity index (χ1) is 16.1. The lowest BCUT2D eigenvalue weighted by Crippen LogP contribution is -2.46. The third-order valence-electron chi connectivity index (χ3n) is 6.18. The second-order valence-corrected chi connectivity index (χ2v) is 8.51. The lowest BCUT2D eigenvalue weighted by Gasteiger charge is -2.33. The molecule has 2 heterocycles. The van der Waals surface area contributed by atoms with Gasteiger partial charge in [0.2, 0.25) is 5.91 Å². The van der Waals surface area contributed by atoms with Crippen molar-refractivity contribution in [2.75, 3.05) is 13.6 Å². The van der Waals surface area contributed by atoms with Crippen LogP contribution in [-0.2, 0) is 22.8 Å². The average molecular weight is 467 g/mol. The van der Waals surface area contributed by atoms with Crippen molar-refractivity contribution in [3.8, 4) is 11.1 Å². The van der Waals surface area contributed by atoms with Crippen LogP contribution in [0.1, 0.15) is 30.7 Å². The Morgan fingerprint density at radius 2 is 1.71 bits per heavy atom. The molecule has 0 N–H and O–H groups in total. The molecular weight excluding hydrogens is 441 g/mol. The summed E-state index contributed by atoms with van der Waals surface area (Å²) in [6.45, 7) is 4.36. The number of aromatic nitrogens is 3. The molecule has 0 bridgehead atoms. The van der Waals surface area contributed by atoms with Gasteiger partial charge >= 0.3 is 6.18 Å². The second kappa shape index (κ2) is 8.93. The first-order valence-electron chi connectivity index (χ1n) is 11.0. The standard InChI is InChI=1S/C26H25F3N4O/c1-4-32(3)24(34)25(2,16-18-8-6-5-7-9-18)22-14-15-30-23-21(17-31-33(22)23)19-10-12-20(13-11-19)26(27,28)29/h5-15,17H,4,16H2,1-3H3. The molecule has 8 heteroatoms. The van der Waals surface area contributed by atoms with Gasteiger partial charge in [-0.1, -0.05) is 42.5 Å². The van der Waals surface area contributed by atoms with Crippen LogP contribution < -0.4 is 0 Å². The van der Waals surface area contributed by atoms with Crippen LogP contribution in [0, 0.1) is 0 Å². The Morgan fingerprint density at radius 3 is 2.32 bits per heavy atom. The Morgan fingerprint density at radius 1 is 1.03 bits per heavy atom. The summed E-state index contributed by atoms with van der Waals surface area (Å²) in [5.74, 6) is -0.0575. The van der Waals surface area contributed by atoms with Crippen molar-refractivity contribution < 1.29 is 18.0 Å². The van der Waals surface area contributed by atoms with E-state index in [4.69, 9.17) is 0 Å². The zero-order valence-electron chi connectivity index (χ0n) is 19.2. The minimum absolute atomic E-state index is 0.0575. The SMILES string of the molecule is CCN(C)C(=O)C(C)(Cc1ccccc1)c1ccnc2c(-c3ccc(C(F)(F)F)cc3)cnn12. The normalized spacial score (nSPS) is 13.6. The highest BCUT2D eigenvalue weighted by atomic mass is 19.4. The monoisotopic (exact) mass is 466 g/mol. The molecule has 4 aromatic rings. The van der Waals surface area contributed by atoms with E-state index in [1.807, 2.05) is 44.2 Å². The zero-order valence-corrected chi connectivity index (χ0v) is 19.2. The van der Waals surface area contributed by atoms with E-state index < -0.39 is 17.2 Å². The van der Waals surface area contributed by atoms with Crippen LogP contribution >= 0.6 is 0 Å². The minimum Gasteiger partial charge on any atom is -0.345 e. The van der Waals surface area contributed by atoms with E-state index in [-0.39, 0.29) is 5.91 Å². The molecule has 2 aromatic heterocycles. The fourth-order valence-electron chi connectivity index (χ4n) is 4.20. The highest BCUT2D eigenvalue weighted by molar-refractivity contribution is 5.88. The predicted molar refractivity (Wildman–Crippen MR) is 124 cm³/mol. The number of carbonyl (C=O) groups is 1. The lowest BCUT2D eigenvalue weighted by molar-refractivity contribution is -0.137. The molecule has 4 rings (SSSR count). The maximum atomic E-state index is 13.6. The number of halogens is 3. The van der Waals surface area contributed by atoms with Crippen LogP contribution in [0.25, 0.3) is 16.8 Å². The van der Waals surface area contributed by atoms with Gasteiger partial charge in [-0.25, -0.2) is 9.50 Å². The van der Waals surface area contributed by atoms with Crippen molar-refractivity contribution in [1.29, 1.82) is 0 Å². The van der Waals surface area contributed by atoms with Crippen molar-refractivity contribution >= 4 is 11.6 Å². The molecule has 0 saturated heterocycles. The number of hydrogen-bond donors (Lipinski definition) is 0. The molecule has 0 aliphatic rings. The van der Waals surface area contributed by atoms with Gasteiger partial charge in [0.25, 0.3) is 0 Å². The summed E-state index contributed by atoms with van der Waals surface area (Å²) in [5, 5.41) is 4.50. The van der Waals surface area contributed by atoms with E-state index in [0.717, 1.165) is 17.7 Å². The lowest BCUT2D eigenvalue weighted by atomic mass is 9.78. The van der Waals surface area contributed by atoms with E-state index in [9.17, 15) is 18.0 Å². The predicted octanol–water partition coefficient (Wildman–Crippen LogP) is 5.39. The number of amides is 1. The number of benzene rings is 2. The number of nitrogens with zero attached hydrogens (tertiary/aromatic N) is 4. The molecule has 0 aliphatic carbocycles. The average Bonchev–Trinajstić information content (AvgIpc) is 3.27. The summed E-state index contributed by atoms with van der Waals surface area (Å²) in [6.07, 6.45) is -0.769. The number of alkyl halides is 3. The molecule has 0 spiro atoms. The summed E-state index contributed by atoms with van der Waals surface area (Å²) in [7, 11) is 1.76. The zero-order chi connectivity index (χ0) is 24.5. The largest absolute Gasteiger partial charge is 0.416 e. The fraction of sp³-hybridized carbons (Fsp3) is 0.269. The minimum atomic E-state index is -4.41. The van der Waals surface area contributed by atoms with Gasteiger partial charge in [0.1, 0.15) is 0 Å².